The van der Waals surface area contributed by atoms with E-state index in [4.69, 9.17) is 28.9 Å². The molecule has 21 heavy (non-hydrogen) atoms. The van der Waals surface area contributed by atoms with Gasteiger partial charge in [0.25, 0.3) is 5.82 Å². The maximum Gasteiger partial charge on any atom is 0.453 e. The molecule has 2 heterocycles. The summed E-state index contributed by atoms with van der Waals surface area (Å²) in [5, 5.41) is 11.1. The van der Waals surface area contributed by atoms with E-state index in [1.807, 2.05) is 0 Å². The number of fused-ring (bicyclic) bond motifs is 1. The molecule has 0 bridgehead atoms. The Morgan fingerprint density at radius 1 is 1.14 bits per heavy atom. The SMILES string of the molecule is Nc1cc(-c2nn3c(C(F)(F)F)nnc3s2)c(Cl)cc1Cl. The lowest BCUT2D eigenvalue weighted by molar-refractivity contribution is -0.146. The molecular weight excluding hydrogens is 350 g/mol. The van der Waals surface area contributed by atoms with Gasteiger partial charge in [-0.1, -0.05) is 34.5 Å². The van der Waals surface area contributed by atoms with E-state index < -0.39 is 12.0 Å². The first-order valence-corrected chi connectivity index (χ1v) is 6.89. The van der Waals surface area contributed by atoms with Gasteiger partial charge in [0.05, 0.1) is 15.7 Å². The van der Waals surface area contributed by atoms with Crippen molar-refractivity contribution in [3.8, 4) is 10.6 Å². The minimum Gasteiger partial charge on any atom is -0.398 e. The maximum absolute atomic E-state index is 12.7. The molecule has 0 amide bonds. The molecule has 0 aliphatic carbocycles. The maximum atomic E-state index is 12.7. The minimum atomic E-state index is -4.65. The highest BCUT2D eigenvalue weighted by molar-refractivity contribution is 7.19. The molecule has 110 valence electrons. The molecule has 1 aromatic carbocycles. The van der Waals surface area contributed by atoms with E-state index in [-0.39, 0.29) is 25.7 Å². The molecule has 2 N–H and O–H groups in total. The number of anilines is 1. The molecule has 3 rings (SSSR count). The summed E-state index contributed by atoms with van der Waals surface area (Å²) in [7, 11) is 0. The monoisotopic (exact) mass is 353 g/mol. The van der Waals surface area contributed by atoms with Crippen LogP contribution in [0.1, 0.15) is 5.82 Å². The molecule has 0 saturated heterocycles. The van der Waals surface area contributed by atoms with Gasteiger partial charge in [0.15, 0.2) is 0 Å². The van der Waals surface area contributed by atoms with E-state index in [1.165, 1.54) is 12.1 Å². The van der Waals surface area contributed by atoms with E-state index in [0.29, 0.717) is 10.1 Å². The van der Waals surface area contributed by atoms with Crippen LogP contribution in [0.2, 0.25) is 10.0 Å². The summed E-state index contributed by atoms with van der Waals surface area (Å²) in [5.41, 5.74) is 6.29. The average molecular weight is 354 g/mol. The van der Waals surface area contributed by atoms with Crippen LogP contribution in [-0.4, -0.2) is 19.8 Å². The van der Waals surface area contributed by atoms with Crippen LogP contribution in [0.4, 0.5) is 18.9 Å². The third-order valence-electron chi connectivity index (χ3n) is 2.56. The minimum absolute atomic E-state index is 0.00177. The van der Waals surface area contributed by atoms with Gasteiger partial charge >= 0.3 is 6.18 Å². The fraction of sp³-hybridized carbons (Fsp3) is 0.100. The lowest BCUT2D eigenvalue weighted by atomic mass is 10.2. The predicted molar refractivity (Wildman–Crippen MR) is 73.5 cm³/mol. The first kappa shape index (κ1) is 14.4. The summed E-state index contributed by atoms with van der Waals surface area (Å²) in [6.45, 7) is 0. The van der Waals surface area contributed by atoms with E-state index >= 15 is 0 Å². The van der Waals surface area contributed by atoms with Gasteiger partial charge in [-0.15, -0.1) is 10.2 Å². The molecule has 0 fully saturated rings. The smallest absolute Gasteiger partial charge is 0.398 e. The van der Waals surface area contributed by atoms with Gasteiger partial charge in [-0.2, -0.15) is 22.8 Å². The molecular formula is C10H4Cl2F3N5S. The number of alkyl halides is 3. The molecule has 5 nitrogen and oxygen atoms in total. The fourth-order valence-corrected chi connectivity index (χ4v) is 3.03. The van der Waals surface area contributed by atoms with Crippen molar-refractivity contribution < 1.29 is 13.2 Å². The van der Waals surface area contributed by atoms with Crippen LogP contribution < -0.4 is 5.73 Å². The van der Waals surface area contributed by atoms with Gasteiger partial charge in [0.2, 0.25) is 4.96 Å². The first-order valence-electron chi connectivity index (χ1n) is 5.31. The predicted octanol–water partition coefficient (Wildman–Crippen LogP) is 3.76. The van der Waals surface area contributed by atoms with Crippen LogP contribution in [0, 0.1) is 0 Å². The Morgan fingerprint density at radius 2 is 1.86 bits per heavy atom. The van der Waals surface area contributed by atoms with Crippen LogP contribution in [0.3, 0.4) is 0 Å². The average Bonchev–Trinajstić information content (AvgIpc) is 2.91. The lowest BCUT2D eigenvalue weighted by Crippen LogP contribution is -2.11. The molecule has 3 aromatic rings. The summed E-state index contributed by atoms with van der Waals surface area (Å²) < 4.78 is 38.8. The second-order valence-corrected chi connectivity index (χ2v) is 5.75. The van der Waals surface area contributed by atoms with Gasteiger partial charge in [0.1, 0.15) is 5.01 Å². The summed E-state index contributed by atoms with van der Waals surface area (Å²) >= 11 is 12.7. The topological polar surface area (TPSA) is 69.1 Å². The number of hydrogen-bond donors (Lipinski definition) is 1. The highest BCUT2D eigenvalue weighted by atomic mass is 35.5. The molecule has 0 aliphatic rings. The molecule has 0 spiro atoms. The molecule has 0 aliphatic heterocycles. The van der Waals surface area contributed by atoms with Crippen LogP contribution in [0.5, 0.6) is 0 Å². The van der Waals surface area contributed by atoms with Crippen molar-refractivity contribution in [3.05, 3.63) is 28.0 Å². The van der Waals surface area contributed by atoms with Gasteiger partial charge < -0.3 is 5.73 Å². The third kappa shape index (κ3) is 2.41. The normalized spacial score (nSPS) is 12.2. The number of nitrogens with zero attached hydrogens (tertiary/aromatic N) is 4. The summed E-state index contributed by atoms with van der Waals surface area (Å²) in [6, 6.07) is 2.85. The molecule has 11 heteroatoms. The number of benzene rings is 1. The fourth-order valence-electron chi connectivity index (χ4n) is 1.63. The quantitative estimate of drug-likeness (QED) is 0.676. The Balaban J connectivity index is 2.19. The molecule has 0 saturated carbocycles. The van der Waals surface area contributed by atoms with E-state index in [2.05, 4.69) is 15.3 Å². The van der Waals surface area contributed by atoms with E-state index in [0.717, 1.165) is 11.3 Å². The van der Waals surface area contributed by atoms with Crippen LogP contribution >= 0.6 is 34.5 Å². The molecule has 0 atom stereocenters. The van der Waals surface area contributed by atoms with Gasteiger partial charge in [-0.05, 0) is 12.1 Å². The zero-order chi connectivity index (χ0) is 15.4. The summed E-state index contributed by atoms with van der Waals surface area (Å²) in [4.78, 5) is 0.00177. The lowest BCUT2D eigenvalue weighted by Gasteiger charge is -2.04. The Bertz CT molecular complexity index is 841. The number of hydrogen-bond acceptors (Lipinski definition) is 5. The second kappa shape index (κ2) is 4.72. The van der Waals surface area contributed by atoms with E-state index in [1.54, 1.807) is 0 Å². The highest BCUT2D eigenvalue weighted by Crippen LogP contribution is 2.37. The zero-order valence-corrected chi connectivity index (χ0v) is 12.1. The molecule has 2 aromatic heterocycles. The number of nitrogens with two attached hydrogens (primary N) is 1. The van der Waals surface area contributed by atoms with Crippen molar-refractivity contribution in [2.45, 2.75) is 6.18 Å². The van der Waals surface area contributed by atoms with Gasteiger partial charge in [-0.3, -0.25) is 0 Å². The van der Waals surface area contributed by atoms with E-state index in [9.17, 15) is 13.2 Å². The highest BCUT2D eigenvalue weighted by Gasteiger charge is 2.38. The standard InChI is InChI=1S/C10H4Cl2F3N5S/c11-4-2-5(12)6(16)1-3(4)7-19-20-8(10(13,14)15)17-18-9(20)21-7/h1-2H,16H2. The Hall–Kier alpha value is -1.58. The first-order chi connectivity index (χ1) is 9.77. The van der Waals surface area contributed by atoms with Crippen molar-refractivity contribution in [2.24, 2.45) is 0 Å². The number of nitrogen functional groups attached to an aromatic ring is 1. The summed E-state index contributed by atoms with van der Waals surface area (Å²) in [6.07, 6.45) is -4.65. The zero-order valence-electron chi connectivity index (χ0n) is 9.82. The third-order valence-corrected chi connectivity index (χ3v) is 4.13. The Kier molecular flexibility index (Phi) is 3.23. The number of rotatable bonds is 1. The number of aromatic nitrogens is 4. The van der Waals surface area contributed by atoms with Crippen molar-refractivity contribution in [1.29, 1.82) is 0 Å². The number of halogens is 5. The Labute approximate surface area is 129 Å². The Morgan fingerprint density at radius 3 is 2.52 bits per heavy atom. The largest absolute Gasteiger partial charge is 0.453 e. The van der Waals surface area contributed by atoms with Gasteiger partial charge in [0, 0.05) is 5.56 Å². The summed E-state index contributed by atoms with van der Waals surface area (Å²) in [5.74, 6) is -1.20. The van der Waals surface area contributed by atoms with Gasteiger partial charge in [-0.25, -0.2) is 0 Å². The van der Waals surface area contributed by atoms with Crippen molar-refractivity contribution in [1.82, 2.24) is 19.8 Å². The molecule has 0 unspecified atom stereocenters. The van der Waals surface area contributed by atoms with Crippen LogP contribution in [0.25, 0.3) is 15.5 Å². The van der Waals surface area contributed by atoms with Crippen molar-refractivity contribution in [3.63, 3.8) is 0 Å². The van der Waals surface area contributed by atoms with Crippen molar-refractivity contribution in [2.75, 3.05) is 5.73 Å². The second-order valence-electron chi connectivity index (χ2n) is 3.98. The van der Waals surface area contributed by atoms with Crippen LogP contribution in [-0.2, 0) is 6.18 Å². The molecule has 0 radical (unpaired) electrons. The van der Waals surface area contributed by atoms with Crippen LogP contribution in [0.15, 0.2) is 12.1 Å². The van der Waals surface area contributed by atoms with Crippen molar-refractivity contribution >= 4 is 45.2 Å².